The van der Waals surface area contributed by atoms with Crippen LogP contribution in [-0.2, 0) is 9.53 Å². The molecule has 0 unspecified atom stereocenters. The smallest absolute Gasteiger partial charge is 0.247 e. The zero-order valence-corrected chi connectivity index (χ0v) is 8.23. The van der Waals surface area contributed by atoms with Gasteiger partial charge in [0.25, 0.3) is 0 Å². The molecule has 2 rings (SSSR count). The number of aliphatic hydroxyl groups excluding tert-OH is 1. The second-order valence-electron chi connectivity index (χ2n) is 3.49. The number of nitrogens with two attached hydrogens (primary N) is 1. The molecule has 0 fully saturated rings. The summed E-state index contributed by atoms with van der Waals surface area (Å²) in [4.78, 5) is 11.5. The monoisotopic (exact) mass is 205 g/mol. The number of aliphatic hydroxyl groups is 1. The molecule has 1 aromatic rings. The van der Waals surface area contributed by atoms with Gasteiger partial charge in [-0.1, -0.05) is 29.8 Å². The summed E-state index contributed by atoms with van der Waals surface area (Å²) < 4.78 is 5.07. The van der Waals surface area contributed by atoms with E-state index in [2.05, 4.69) is 0 Å². The summed E-state index contributed by atoms with van der Waals surface area (Å²) in [6.45, 7) is 1.95. The molecule has 0 spiro atoms. The molecule has 1 aliphatic rings. The fourth-order valence-corrected chi connectivity index (χ4v) is 1.44. The van der Waals surface area contributed by atoms with E-state index in [0.717, 1.165) is 5.56 Å². The molecule has 1 aliphatic heterocycles. The number of aryl methyl sites for hydroxylation is 1. The molecule has 1 aromatic carbocycles. The first-order chi connectivity index (χ1) is 7.09. The molecule has 4 nitrogen and oxygen atoms in total. The van der Waals surface area contributed by atoms with Crippen LogP contribution in [0.4, 0.5) is 0 Å². The van der Waals surface area contributed by atoms with Gasteiger partial charge in [0.05, 0.1) is 0 Å². The van der Waals surface area contributed by atoms with E-state index in [-0.39, 0.29) is 5.88 Å². The Kier molecular flexibility index (Phi) is 2.11. The topological polar surface area (TPSA) is 72.6 Å². The van der Waals surface area contributed by atoms with Crippen LogP contribution in [0.2, 0.25) is 0 Å². The Morgan fingerprint density at radius 2 is 1.93 bits per heavy atom. The Morgan fingerprint density at radius 3 is 2.40 bits per heavy atom. The number of carbonyl (C=O) groups excluding carboxylic acids is 1. The van der Waals surface area contributed by atoms with Gasteiger partial charge in [-0.2, -0.15) is 0 Å². The molecule has 1 heterocycles. The van der Waals surface area contributed by atoms with Gasteiger partial charge in [-0.15, -0.1) is 0 Å². The molecule has 0 aliphatic carbocycles. The van der Waals surface area contributed by atoms with Gasteiger partial charge in [0, 0.05) is 5.56 Å². The van der Waals surface area contributed by atoms with Crippen molar-refractivity contribution in [2.75, 3.05) is 0 Å². The summed E-state index contributed by atoms with van der Waals surface area (Å²) in [7, 11) is 0. The molecule has 0 bridgehead atoms. The number of rotatable bonds is 1. The Morgan fingerprint density at radius 1 is 1.33 bits per heavy atom. The van der Waals surface area contributed by atoms with Crippen molar-refractivity contribution in [3.63, 3.8) is 0 Å². The summed E-state index contributed by atoms with van der Waals surface area (Å²) in [6, 6.07) is 7.31. The molecule has 15 heavy (non-hydrogen) atoms. The van der Waals surface area contributed by atoms with Gasteiger partial charge in [0.2, 0.25) is 17.4 Å². The predicted octanol–water partition coefficient (Wildman–Crippen LogP) is 1.32. The molecule has 0 saturated heterocycles. The lowest BCUT2D eigenvalue weighted by atomic mass is 10.0. The number of hydrogen-bond acceptors (Lipinski definition) is 4. The zero-order valence-electron chi connectivity index (χ0n) is 8.23. The van der Waals surface area contributed by atoms with Crippen molar-refractivity contribution in [2.45, 2.75) is 13.0 Å². The van der Waals surface area contributed by atoms with E-state index in [9.17, 15) is 9.90 Å². The van der Waals surface area contributed by atoms with E-state index in [1.54, 1.807) is 12.1 Å². The average Bonchev–Trinajstić information content (AvgIpc) is 2.47. The number of ether oxygens (including phenoxy) is 1. The van der Waals surface area contributed by atoms with E-state index < -0.39 is 17.6 Å². The van der Waals surface area contributed by atoms with E-state index in [0.29, 0.717) is 5.56 Å². The summed E-state index contributed by atoms with van der Waals surface area (Å²) >= 11 is 0. The molecule has 0 saturated carbocycles. The minimum absolute atomic E-state index is 0.203. The molecular formula is C11H11NO3. The molecule has 0 radical (unpaired) electrons. The highest BCUT2D eigenvalue weighted by molar-refractivity contribution is 5.99. The van der Waals surface area contributed by atoms with Gasteiger partial charge < -0.3 is 15.6 Å². The number of carbonyl (C=O) groups is 1. The van der Waals surface area contributed by atoms with E-state index >= 15 is 0 Å². The fraction of sp³-hybridized carbons (Fsp3) is 0.182. The first-order valence-electron chi connectivity index (χ1n) is 4.55. The third-order valence-corrected chi connectivity index (χ3v) is 2.33. The van der Waals surface area contributed by atoms with Gasteiger partial charge in [-0.25, -0.2) is 0 Å². The summed E-state index contributed by atoms with van der Waals surface area (Å²) in [5.41, 5.74) is 7.10. The van der Waals surface area contributed by atoms with Gasteiger partial charge in [-0.05, 0) is 6.92 Å². The van der Waals surface area contributed by atoms with E-state index in [4.69, 9.17) is 10.5 Å². The Labute approximate surface area is 87.0 Å². The quantitative estimate of drug-likeness (QED) is 0.725. The van der Waals surface area contributed by atoms with Crippen LogP contribution in [0, 0.1) is 6.92 Å². The van der Waals surface area contributed by atoms with Gasteiger partial charge in [-0.3, -0.25) is 4.79 Å². The molecule has 0 aromatic heterocycles. The fourth-order valence-electron chi connectivity index (χ4n) is 1.44. The minimum Gasteiger partial charge on any atom is -0.501 e. The number of ketones is 1. The van der Waals surface area contributed by atoms with Gasteiger partial charge in [0.1, 0.15) is 0 Å². The summed E-state index contributed by atoms with van der Waals surface area (Å²) in [5, 5.41) is 9.23. The third kappa shape index (κ3) is 1.54. The van der Waals surface area contributed by atoms with E-state index in [1.165, 1.54) is 0 Å². The molecule has 0 amide bonds. The minimum atomic E-state index is -0.800. The average molecular weight is 205 g/mol. The number of hydrogen-bond donors (Lipinski definition) is 2. The van der Waals surface area contributed by atoms with Crippen LogP contribution in [0.15, 0.2) is 35.9 Å². The zero-order chi connectivity index (χ0) is 11.0. The van der Waals surface area contributed by atoms with Gasteiger partial charge in [0.15, 0.2) is 6.10 Å². The van der Waals surface area contributed by atoms with Crippen molar-refractivity contribution in [2.24, 2.45) is 5.73 Å². The SMILES string of the molecule is Cc1ccc([C@@H]2OC(N)=C(O)C2=O)cc1. The second kappa shape index (κ2) is 3.31. The Balaban J connectivity index is 2.29. The lowest BCUT2D eigenvalue weighted by Gasteiger charge is -2.09. The maximum Gasteiger partial charge on any atom is 0.247 e. The molecule has 1 atom stereocenters. The maximum atomic E-state index is 11.5. The summed E-state index contributed by atoms with van der Waals surface area (Å²) in [5.74, 6) is -1.18. The highest BCUT2D eigenvalue weighted by atomic mass is 16.5. The van der Waals surface area contributed by atoms with Crippen molar-refractivity contribution >= 4 is 5.78 Å². The van der Waals surface area contributed by atoms with Crippen molar-refractivity contribution < 1.29 is 14.6 Å². The van der Waals surface area contributed by atoms with Crippen LogP contribution in [-0.4, -0.2) is 10.9 Å². The highest BCUT2D eigenvalue weighted by Gasteiger charge is 2.35. The lowest BCUT2D eigenvalue weighted by Crippen LogP contribution is -2.09. The molecule has 4 heteroatoms. The van der Waals surface area contributed by atoms with E-state index in [1.807, 2.05) is 19.1 Å². The Bertz CT molecular complexity index is 434. The van der Waals surface area contributed by atoms with Crippen LogP contribution in [0.25, 0.3) is 0 Å². The maximum absolute atomic E-state index is 11.5. The van der Waals surface area contributed by atoms with Crippen molar-refractivity contribution in [1.82, 2.24) is 0 Å². The number of Topliss-reactive ketones (excluding diaryl/α,β-unsaturated/α-hetero) is 1. The van der Waals surface area contributed by atoms with Crippen LogP contribution >= 0.6 is 0 Å². The van der Waals surface area contributed by atoms with Crippen LogP contribution in [0.3, 0.4) is 0 Å². The first kappa shape index (κ1) is 9.58. The third-order valence-electron chi connectivity index (χ3n) is 2.33. The van der Waals surface area contributed by atoms with Crippen LogP contribution < -0.4 is 5.73 Å². The lowest BCUT2D eigenvalue weighted by molar-refractivity contribution is -0.123. The highest BCUT2D eigenvalue weighted by Crippen LogP contribution is 2.29. The molecular weight excluding hydrogens is 194 g/mol. The first-order valence-corrected chi connectivity index (χ1v) is 4.55. The van der Waals surface area contributed by atoms with Gasteiger partial charge >= 0.3 is 0 Å². The van der Waals surface area contributed by atoms with Crippen molar-refractivity contribution in [1.29, 1.82) is 0 Å². The predicted molar refractivity (Wildman–Crippen MR) is 53.9 cm³/mol. The summed E-state index contributed by atoms with van der Waals surface area (Å²) in [6.07, 6.45) is -0.800. The van der Waals surface area contributed by atoms with Crippen molar-refractivity contribution in [3.8, 4) is 0 Å². The number of benzene rings is 1. The van der Waals surface area contributed by atoms with Crippen LogP contribution in [0.5, 0.6) is 0 Å². The molecule has 3 N–H and O–H groups in total. The van der Waals surface area contributed by atoms with Crippen molar-refractivity contribution in [3.05, 3.63) is 47.0 Å². The second-order valence-corrected chi connectivity index (χ2v) is 3.49. The standard InChI is InChI=1S/C11H11NO3/c1-6-2-4-7(5-3-6)10-8(13)9(14)11(12)15-10/h2-5,10,14H,12H2,1H3/t10-/m0/s1. The normalized spacial score (nSPS) is 20.6. The largest absolute Gasteiger partial charge is 0.501 e. The van der Waals surface area contributed by atoms with Crippen LogP contribution in [0.1, 0.15) is 17.2 Å². The molecule has 78 valence electrons. The Hall–Kier alpha value is -1.97.